The van der Waals surface area contributed by atoms with Crippen molar-refractivity contribution in [3.63, 3.8) is 0 Å². The maximum Gasteiger partial charge on any atom is 0.0650 e. The van der Waals surface area contributed by atoms with E-state index in [2.05, 4.69) is 27.7 Å². The van der Waals surface area contributed by atoms with Gasteiger partial charge in [-0.3, -0.25) is 0 Å². The van der Waals surface area contributed by atoms with Crippen molar-refractivity contribution < 1.29 is 5.11 Å². The van der Waals surface area contributed by atoms with Crippen LogP contribution in [0.3, 0.4) is 0 Å². The molecule has 0 spiro atoms. The Balaban J connectivity index is 2.56. The molecule has 1 nitrogen and oxygen atoms in total. The van der Waals surface area contributed by atoms with Crippen LogP contribution in [0.15, 0.2) is 0 Å². The zero-order valence-corrected chi connectivity index (χ0v) is 11.1. The summed E-state index contributed by atoms with van der Waals surface area (Å²) in [5.41, 5.74) is -0.442. The Morgan fingerprint density at radius 1 is 1.20 bits per heavy atom. The minimum Gasteiger partial charge on any atom is -0.390 e. The van der Waals surface area contributed by atoms with Gasteiger partial charge in [0.15, 0.2) is 0 Å². The van der Waals surface area contributed by atoms with Gasteiger partial charge in [-0.05, 0) is 49.9 Å². The first kappa shape index (κ1) is 13.0. The molecule has 4 atom stereocenters. The van der Waals surface area contributed by atoms with Gasteiger partial charge < -0.3 is 5.11 Å². The highest BCUT2D eigenvalue weighted by Crippen LogP contribution is 2.40. The second-order valence-electron chi connectivity index (χ2n) is 6.42. The zero-order valence-electron chi connectivity index (χ0n) is 11.1. The quantitative estimate of drug-likeness (QED) is 0.753. The van der Waals surface area contributed by atoms with Crippen LogP contribution in [-0.4, -0.2) is 10.7 Å². The van der Waals surface area contributed by atoms with Crippen molar-refractivity contribution in [2.45, 2.75) is 65.9 Å². The number of hydrogen-bond acceptors (Lipinski definition) is 1. The summed E-state index contributed by atoms with van der Waals surface area (Å²) in [4.78, 5) is 0. The molecule has 0 saturated heterocycles. The van der Waals surface area contributed by atoms with Gasteiger partial charge in [-0.25, -0.2) is 0 Å². The molecule has 0 bridgehead atoms. The number of rotatable bonds is 3. The fourth-order valence-electron chi connectivity index (χ4n) is 3.11. The number of hydrogen-bond donors (Lipinski definition) is 1. The van der Waals surface area contributed by atoms with Gasteiger partial charge in [0.2, 0.25) is 0 Å². The lowest BCUT2D eigenvalue weighted by molar-refractivity contribution is -0.0464. The molecule has 0 amide bonds. The van der Waals surface area contributed by atoms with Crippen LogP contribution in [0.2, 0.25) is 0 Å². The Hall–Kier alpha value is -0.0400. The molecule has 1 fully saturated rings. The predicted molar refractivity (Wildman–Crippen MR) is 65.7 cm³/mol. The molecule has 90 valence electrons. The summed E-state index contributed by atoms with van der Waals surface area (Å²) in [5.74, 6) is 2.74. The van der Waals surface area contributed by atoms with Crippen LogP contribution in [0.5, 0.6) is 0 Å². The topological polar surface area (TPSA) is 20.2 Å². The third-order valence-electron chi connectivity index (χ3n) is 4.30. The first-order valence-electron chi connectivity index (χ1n) is 6.55. The number of aliphatic hydroxyl groups is 1. The first-order chi connectivity index (χ1) is 6.83. The highest BCUT2D eigenvalue weighted by molar-refractivity contribution is 4.88. The van der Waals surface area contributed by atoms with E-state index in [9.17, 15) is 5.11 Å². The van der Waals surface area contributed by atoms with Crippen LogP contribution in [-0.2, 0) is 0 Å². The Labute approximate surface area is 95.3 Å². The van der Waals surface area contributed by atoms with Crippen molar-refractivity contribution in [1.29, 1.82) is 0 Å². The molecule has 1 aliphatic rings. The van der Waals surface area contributed by atoms with Crippen molar-refractivity contribution in [3.05, 3.63) is 0 Å². The molecule has 1 N–H and O–H groups in total. The molecule has 0 aromatic carbocycles. The Bertz CT molecular complexity index is 196. The van der Waals surface area contributed by atoms with Gasteiger partial charge in [-0.1, -0.05) is 34.1 Å². The molecular formula is C14H28O. The molecule has 0 aliphatic heterocycles. The highest BCUT2D eigenvalue weighted by atomic mass is 16.3. The van der Waals surface area contributed by atoms with Crippen LogP contribution in [0.1, 0.15) is 60.3 Å². The fraction of sp³-hybridized carbons (Fsp3) is 1.00. The van der Waals surface area contributed by atoms with Gasteiger partial charge in [0.1, 0.15) is 0 Å². The van der Waals surface area contributed by atoms with Crippen molar-refractivity contribution in [2.75, 3.05) is 0 Å². The van der Waals surface area contributed by atoms with Crippen molar-refractivity contribution in [3.8, 4) is 0 Å². The lowest BCUT2D eigenvalue weighted by atomic mass is 9.68. The monoisotopic (exact) mass is 212 g/mol. The third kappa shape index (κ3) is 3.48. The van der Waals surface area contributed by atoms with E-state index >= 15 is 0 Å². The summed E-state index contributed by atoms with van der Waals surface area (Å²) in [6, 6.07) is 0. The van der Waals surface area contributed by atoms with E-state index < -0.39 is 5.60 Å². The van der Waals surface area contributed by atoms with E-state index in [1.807, 2.05) is 6.92 Å². The van der Waals surface area contributed by atoms with Gasteiger partial charge in [-0.2, -0.15) is 0 Å². The predicted octanol–water partition coefficient (Wildman–Crippen LogP) is 3.86. The summed E-state index contributed by atoms with van der Waals surface area (Å²) < 4.78 is 0. The summed E-state index contributed by atoms with van der Waals surface area (Å²) in [6.45, 7) is 11.1. The summed E-state index contributed by atoms with van der Waals surface area (Å²) in [5, 5.41) is 10.5. The second-order valence-corrected chi connectivity index (χ2v) is 6.42. The lowest BCUT2D eigenvalue weighted by Gasteiger charge is -2.41. The summed E-state index contributed by atoms with van der Waals surface area (Å²) in [6.07, 6.45) is 4.66. The Morgan fingerprint density at radius 3 is 2.27 bits per heavy atom. The van der Waals surface area contributed by atoms with E-state index in [1.165, 1.54) is 19.3 Å². The van der Waals surface area contributed by atoms with Crippen molar-refractivity contribution in [2.24, 2.45) is 23.7 Å². The fourth-order valence-corrected chi connectivity index (χ4v) is 3.11. The Kier molecular flexibility index (Phi) is 4.22. The maximum absolute atomic E-state index is 10.5. The molecule has 4 unspecified atom stereocenters. The third-order valence-corrected chi connectivity index (χ3v) is 4.30. The first-order valence-corrected chi connectivity index (χ1v) is 6.55. The van der Waals surface area contributed by atoms with E-state index in [-0.39, 0.29) is 0 Å². The van der Waals surface area contributed by atoms with Crippen LogP contribution < -0.4 is 0 Å². The molecule has 0 aromatic rings. The molecule has 15 heavy (non-hydrogen) atoms. The van der Waals surface area contributed by atoms with Crippen LogP contribution in [0, 0.1) is 23.7 Å². The smallest absolute Gasteiger partial charge is 0.0650 e. The van der Waals surface area contributed by atoms with Gasteiger partial charge in [0.05, 0.1) is 5.60 Å². The van der Waals surface area contributed by atoms with Crippen LogP contribution in [0.4, 0.5) is 0 Å². The molecule has 0 aromatic heterocycles. The average molecular weight is 212 g/mol. The standard InChI is InChI=1S/C14H28O/c1-10(2)9-14(5,15)13-7-6-11(3)12(4)8-13/h10-13,15H,6-9H2,1-5H3. The zero-order chi connectivity index (χ0) is 11.6. The average Bonchev–Trinajstić information content (AvgIpc) is 2.07. The van der Waals surface area contributed by atoms with Gasteiger partial charge >= 0.3 is 0 Å². The molecule has 1 rings (SSSR count). The maximum atomic E-state index is 10.5. The molecule has 1 saturated carbocycles. The molecule has 1 heteroatoms. The van der Waals surface area contributed by atoms with Crippen LogP contribution in [0.25, 0.3) is 0 Å². The highest BCUT2D eigenvalue weighted by Gasteiger charge is 2.36. The van der Waals surface area contributed by atoms with Gasteiger partial charge in [0.25, 0.3) is 0 Å². The van der Waals surface area contributed by atoms with E-state index in [0.29, 0.717) is 11.8 Å². The molecular weight excluding hydrogens is 184 g/mol. The summed E-state index contributed by atoms with van der Waals surface area (Å²) >= 11 is 0. The largest absolute Gasteiger partial charge is 0.390 e. The van der Waals surface area contributed by atoms with Gasteiger partial charge in [0, 0.05) is 0 Å². The molecule has 0 heterocycles. The lowest BCUT2D eigenvalue weighted by Crippen LogP contribution is -2.40. The minimum absolute atomic E-state index is 0.442. The van der Waals surface area contributed by atoms with E-state index in [1.54, 1.807) is 0 Å². The van der Waals surface area contributed by atoms with Gasteiger partial charge in [-0.15, -0.1) is 0 Å². The SMILES string of the molecule is CC(C)CC(C)(O)C1CCC(C)C(C)C1. The second kappa shape index (κ2) is 4.86. The summed E-state index contributed by atoms with van der Waals surface area (Å²) in [7, 11) is 0. The molecule has 1 aliphatic carbocycles. The normalized spacial score (nSPS) is 36.6. The van der Waals surface area contributed by atoms with Crippen molar-refractivity contribution >= 4 is 0 Å². The molecule has 0 radical (unpaired) electrons. The van der Waals surface area contributed by atoms with E-state index in [0.717, 1.165) is 18.3 Å². The van der Waals surface area contributed by atoms with E-state index in [4.69, 9.17) is 0 Å². The minimum atomic E-state index is -0.442. The Morgan fingerprint density at radius 2 is 1.80 bits per heavy atom. The van der Waals surface area contributed by atoms with Crippen molar-refractivity contribution in [1.82, 2.24) is 0 Å². The van der Waals surface area contributed by atoms with Crippen LogP contribution >= 0.6 is 0 Å².